The Bertz CT molecular complexity index is 373. The molecule has 1 amide bonds. The number of anilines is 1. The van der Waals surface area contributed by atoms with E-state index in [-0.39, 0.29) is 5.91 Å². The summed E-state index contributed by atoms with van der Waals surface area (Å²) >= 11 is 0. The van der Waals surface area contributed by atoms with Crippen molar-refractivity contribution in [1.29, 1.82) is 0 Å². The van der Waals surface area contributed by atoms with Crippen molar-refractivity contribution in [3.05, 3.63) is 29.8 Å². The van der Waals surface area contributed by atoms with Crippen LogP contribution in [0.5, 0.6) is 0 Å². The lowest BCUT2D eigenvalue weighted by atomic mass is 10.1. The van der Waals surface area contributed by atoms with Gasteiger partial charge in [-0.3, -0.25) is 9.69 Å². The van der Waals surface area contributed by atoms with Crippen LogP contribution >= 0.6 is 0 Å². The number of benzene rings is 1. The molecule has 0 atom stereocenters. The van der Waals surface area contributed by atoms with E-state index in [0.29, 0.717) is 12.5 Å². The summed E-state index contributed by atoms with van der Waals surface area (Å²) in [7, 11) is 0. The summed E-state index contributed by atoms with van der Waals surface area (Å²) < 4.78 is 0. The van der Waals surface area contributed by atoms with Crippen molar-refractivity contribution in [2.45, 2.75) is 20.3 Å². The van der Waals surface area contributed by atoms with E-state index in [1.165, 1.54) is 5.56 Å². The molecular weight excluding hydrogens is 226 g/mol. The van der Waals surface area contributed by atoms with E-state index < -0.39 is 0 Å². The van der Waals surface area contributed by atoms with Crippen LogP contribution in [0.25, 0.3) is 0 Å². The van der Waals surface area contributed by atoms with Crippen LogP contribution in [0, 0.1) is 5.92 Å². The molecule has 4 heteroatoms. The molecule has 0 unspecified atom stereocenters. The predicted molar refractivity (Wildman–Crippen MR) is 75.0 cm³/mol. The van der Waals surface area contributed by atoms with Gasteiger partial charge in [-0.05, 0) is 30.0 Å². The number of carbonyl (C=O) groups excluding carboxylic acids is 1. The van der Waals surface area contributed by atoms with Crippen molar-refractivity contribution in [1.82, 2.24) is 4.90 Å². The first-order valence-electron chi connectivity index (χ1n) is 6.32. The van der Waals surface area contributed by atoms with Gasteiger partial charge in [0.2, 0.25) is 5.91 Å². The monoisotopic (exact) mass is 249 g/mol. The third-order valence-corrected chi connectivity index (χ3v) is 2.70. The second-order valence-corrected chi connectivity index (χ2v) is 5.09. The fourth-order valence-electron chi connectivity index (χ4n) is 1.94. The summed E-state index contributed by atoms with van der Waals surface area (Å²) in [4.78, 5) is 13.1. The topological polar surface area (TPSA) is 72.3 Å². The van der Waals surface area contributed by atoms with E-state index in [9.17, 15) is 4.79 Å². The van der Waals surface area contributed by atoms with E-state index in [1.54, 1.807) is 0 Å². The zero-order chi connectivity index (χ0) is 13.5. The average Bonchev–Trinajstić information content (AvgIpc) is 2.26. The number of rotatable bonds is 7. The Morgan fingerprint density at radius 3 is 2.39 bits per heavy atom. The molecule has 1 rings (SSSR count). The largest absolute Gasteiger partial charge is 0.399 e. The zero-order valence-corrected chi connectivity index (χ0v) is 11.2. The van der Waals surface area contributed by atoms with Crippen LogP contribution in [0.15, 0.2) is 24.3 Å². The number of carbonyl (C=O) groups is 1. The van der Waals surface area contributed by atoms with Gasteiger partial charge in [0.1, 0.15) is 0 Å². The van der Waals surface area contributed by atoms with Gasteiger partial charge in [0, 0.05) is 18.8 Å². The van der Waals surface area contributed by atoms with Gasteiger partial charge < -0.3 is 11.5 Å². The quantitative estimate of drug-likeness (QED) is 0.714. The van der Waals surface area contributed by atoms with Crippen LogP contribution in [0.3, 0.4) is 0 Å². The van der Waals surface area contributed by atoms with E-state index in [0.717, 1.165) is 25.2 Å². The Morgan fingerprint density at radius 1 is 1.28 bits per heavy atom. The Balaban J connectivity index is 2.50. The van der Waals surface area contributed by atoms with Crippen LogP contribution in [-0.4, -0.2) is 30.4 Å². The molecule has 0 spiro atoms. The highest BCUT2D eigenvalue weighted by Crippen LogP contribution is 2.07. The highest BCUT2D eigenvalue weighted by Gasteiger charge is 2.10. The number of primary amides is 1. The highest BCUT2D eigenvalue weighted by molar-refractivity contribution is 5.75. The Hall–Kier alpha value is -1.55. The molecule has 4 nitrogen and oxygen atoms in total. The third kappa shape index (κ3) is 5.68. The van der Waals surface area contributed by atoms with E-state index in [2.05, 4.69) is 18.7 Å². The Labute approximate surface area is 109 Å². The standard InChI is InChI=1S/C14H23N3O/c1-11(2)9-17(10-14(16)18)8-7-12-3-5-13(15)6-4-12/h3-6,11H,7-10,15H2,1-2H3,(H2,16,18). The molecule has 0 aromatic heterocycles. The van der Waals surface area contributed by atoms with Crippen molar-refractivity contribution in [3.8, 4) is 0 Å². The first kappa shape index (κ1) is 14.5. The summed E-state index contributed by atoms with van der Waals surface area (Å²) in [5.41, 5.74) is 12.9. The molecule has 0 bridgehead atoms. The fraction of sp³-hybridized carbons (Fsp3) is 0.500. The van der Waals surface area contributed by atoms with Gasteiger partial charge in [0.05, 0.1) is 6.54 Å². The number of nitrogen functional groups attached to an aromatic ring is 1. The Kier molecular flexibility index (Phi) is 5.65. The van der Waals surface area contributed by atoms with Gasteiger partial charge in [0.25, 0.3) is 0 Å². The molecule has 1 aromatic carbocycles. The summed E-state index contributed by atoms with van der Waals surface area (Å²) in [5.74, 6) is 0.253. The first-order valence-corrected chi connectivity index (χ1v) is 6.32. The minimum Gasteiger partial charge on any atom is -0.399 e. The van der Waals surface area contributed by atoms with Crippen molar-refractivity contribution in [3.63, 3.8) is 0 Å². The molecule has 100 valence electrons. The molecule has 0 aliphatic carbocycles. The van der Waals surface area contributed by atoms with Gasteiger partial charge in [-0.25, -0.2) is 0 Å². The van der Waals surface area contributed by atoms with E-state index in [1.807, 2.05) is 24.3 Å². The second kappa shape index (κ2) is 7.01. The first-order chi connectivity index (χ1) is 8.47. The lowest BCUT2D eigenvalue weighted by Crippen LogP contribution is -2.37. The third-order valence-electron chi connectivity index (χ3n) is 2.70. The maximum atomic E-state index is 11.0. The van der Waals surface area contributed by atoms with Gasteiger partial charge in [-0.1, -0.05) is 26.0 Å². The van der Waals surface area contributed by atoms with Crippen LogP contribution in [0.1, 0.15) is 19.4 Å². The molecule has 4 N–H and O–H groups in total. The number of hydrogen-bond acceptors (Lipinski definition) is 3. The minimum atomic E-state index is -0.270. The van der Waals surface area contributed by atoms with E-state index in [4.69, 9.17) is 11.5 Å². The van der Waals surface area contributed by atoms with Gasteiger partial charge in [-0.15, -0.1) is 0 Å². The van der Waals surface area contributed by atoms with Gasteiger partial charge in [0.15, 0.2) is 0 Å². The maximum Gasteiger partial charge on any atom is 0.231 e. The molecule has 1 aromatic rings. The fourth-order valence-corrected chi connectivity index (χ4v) is 1.94. The normalized spacial score (nSPS) is 11.1. The highest BCUT2D eigenvalue weighted by atomic mass is 16.1. The summed E-state index contributed by atoms with van der Waals surface area (Å²) in [6.07, 6.45) is 0.903. The molecule has 0 aliphatic heterocycles. The second-order valence-electron chi connectivity index (χ2n) is 5.09. The SMILES string of the molecule is CC(C)CN(CCc1ccc(N)cc1)CC(N)=O. The van der Waals surface area contributed by atoms with Crippen molar-refractivity contribution in [2.75, 3.05) is 25.4 Å². The average molecular weight is 249 g/mol. The molecule has 0 heterocycles. The van der Waals surface area contributed by atoms with Crippen LogP contribution in [0.4, 0.5) is 5.69 Å². The van der Waals surface area contributed by atoms with Crippen molar-refractivity contribution in [2.24, 2.45) is 11.7 Å². The smallest absolute Gasteiger partial charge is 0.231 e. The molecule has 0 saturated heterocycles. The molecule has 0 fully saturated rings. The summed E-state index contributed by atoms with van der Waals surface area (Å²) in [5, 5.41) is 0. The number of hydrogen-bond donors (Lipinski definition) is 2. The van der Waals surface area contributed by atoms with Crippen LogP contribution < -0.4 is 11.5 Å². The van der Waals surface area contributed by atoms with Crippen molar-refractivity contribution < 1.29 is 4.79 Å². The number of nitrogens with zero attached hydrogens (tertiary/aromatic N) is 1. The summed E-state index contributed by atoms with van der Waals surface area (Å²) in [6.45, 7) is 6.32. The molecule has 0 radical (unpaired) electrons. The lowest BCUT2D eigenvalue weighted by molar-refractivity contribution is -0.119. The van der Waals surface area contributed by atoms with Crippen LogP contribution in [-0.2, 0) is 11.2 Å². The lowest BCUT2D eigenvalue weighted by Gasteiger charge is -2.22. The Morgan fingerprint density at radius 2 is 1.89 bits per heavy atom. The van der Waals surface area contributed by atoms with E-state index >= 15 is 0 Å². The minimum absolute atomic E-state index is 0.270. The summed E-state index contributed by atoms with van der Waals surface area (Å²) in [6, 6.07) is 7.84. The van der Waals surface area contributed by atoms with Gasteiger partial charge in [-0.2, -0.15) is 0 Å². The number of amides is 1. The van der Waals surface area contributed by atoms with Gasteiger partial charge >= 0.3 is 0 Å². The van der Waals surface area contributed by atoms with Crippen LogP contribution in [0.2, 0.25) is 0 Å². The molecule has 0 saturated carbocycles. The van der Waals surface area contributed by atoms with Crippen molar-refractivity contribution >= 4 is 11.6 Å². The zero-order valence-electron chi connectivity index (χ0n) is 11.2. The molecular formula is C14H23N3O. The maximum absolute atomic E-state index is 11.0. The predicted octanol–water partition coefficient (Wildman–Crippen LogP) is 1.25. The number of nitrogens with two attached hydrogens (primary N) is 2. The molecule has 18 heavy (non-hydrogen) atoms. The molecule has 0 aliphatic rings.